The summed E-state index contributed by atoms with van der Waals surface area (Å²) in [5.74, 6) is 0. The first-order chi connectivity index (χ1) is 8.92. The van der Waals surface area contributed by atoms with E-state index in [9.17, 15) is 8.42 Å². The quantitative estimate of drug-likeness (QED) is 0.641. The summed E-state index contributed by atoms with van der Waals surface area (Å²) in [5.41, 5.74) is 0. The van der Waals surface area contributed by atoms with E-state index in [1.165, 1.54) is 10.7 Å². The molecule has 0 unspecified atom stereocenters. The molecule has 19 heavy (non-hydrogen) atoms. The van der Waals surface area contributed by atoms with Crippen LogP contribution in [-0.4, -0.2) is 57.0 Å². The number of nitrogens with one attached hydrogen (secondary N) is 2. The smallest absolute Gasteiger partial charge is 0.292 e. The highest BCUT2D eigenvalue weighted by molar-refractivity contribution is 7.87. The highest BCUT2D eigenvalue weighted by atomic mass is 32.2. The maximum absolute atomic E-state index is 12.1. The molecule has 1 rings (SSSR count). The number of nitrogens with zero attached hydrogens (tertiary/aromatic N) is 2. The van der Waals surface area contributed by atoms with Gasteiger partial charge in [0.1, 0.15) is 0 Å². The third-order valence-electron chi connectivity index (χ3n) is 3.21. The van der Waals surface area contributed by atoms with E-state index in [2.05, 4.69) is 24.0 Å². The maximum Gasteiger partial charge on any atom is 0.292 e. The fourth-order valence-corrected chi connectivity index (χ4v) is 3.05. The standard InChI is InChI=1S/C12H28N4O2S/c1-12(2)13-8-7-9-15(3)19(17,18)14-16-10-5-4-6-11-16/h12-14H,4-11H2,1-3H3. The van der Waals surface area contributed by atoms with Gasteiger partial charge in [0.25, 0.3) is 10.2 Å². The minimum Gasteiger partial charge on any atom is -0.314 e. The van der Waals surface area contributed by atoms with Crippen LogP contribution in [0.4, 0.5) is 0 Å². The first-order valence-electron chi connectivity index (χ1n) is 7.14. The summed E-state index contributed by atoms with van der Waals surface area (Å²) >= 11 is 0. The molecule has 0 aromatic heterocycles. The Hall–Kier alpha value is -0.210. The molecule has 0 saturated carbocycles. The molecule has 0 amide bonds. The van der Waals surface area contributed by atoms with Gasteiger partial charge in [-0.1, -0.05) is 20.3 Å². The van der Waals surface area contributed by atoms with Gasteiger partial charge in [-0.3, -0.25) is 0 Å². The van der Waals surface area contributed by atoms with Crippen molar-refractivity contribution in [3.63, 3.8) is 0 Å². The van der Waals surface area contributed by atoms with Gasteiger partial charge in [0.15, 0.2) is 0 Å². The Balaban J connectivity index is 2.30. The van der Waals surface area contributed by atoms with Crippen molar-refractivity contribution in [3.8, 4) is 0 Å². The van der Waals surface area contributed by atoms with Crippen LogP contribution in [0.15, 0.2) is 0 Å². The van der Waals surface area contributed by atoms with Gasteiger partial charge in [-0.25, -0.2) is 5.01 Å². The zero-order chi connectivity index (χ0) is 14.3. The Morgan fingerprint density at radius 3 is 2.42 bits per heavy atom. The summed E-state index contributed by atoms with van der Waals surface area (Å²) < 4.78 is 25.6. The van der Waals surface area contributed by atoms with Crippen LogP contribution < -0.4 is 10.1 Å². The second-order valence-electron chi connectivity index (χ2n) is 5.43. The monoisotopic (exact) mass is 292 g/mol. The summed E-state index contributed by atoms with van der Waals surface area (Å²) in [6.45, 7) is 7.14. The van der Waals surface area contributed by atoms with Crippen molar-refractivity contribution >= 4 is 10.2 Å². The topological polar surface area (TPSA) is 64.7 Å². The van der Waals surface area contributed by atoms with Crippen LogP contribution in [0.3, 0.4) is 0 Å². The Morgan fingerprint density at radius 2 is 1.84 bits per heavy atom. The van der Waals surface area contributed by atoms with E-state index in [0.29, 0.717) is 12.6 Å². The van der Waals surface area contributed by atoms with Crippen LogP contribution >= 0.6 is 0 Å². The minimum atomic E-state index is -3.38. The summed E-state index contributed by atoms with van der Waals surface area (Å²) in [4.78, 5) is 2.66. The van der Waals surface area contributed by atoms with Crippen molar-refractivity contribution in [2.75, 3.05) is 33.2 Å². The largest absolute Gasteiger partial charge is 0.314 e. The number of hydrazine groups is 1. The molecule has 0 atom stereocenters. The Kier molecular flexibility index (Phi) is 7.23. The number of hydrogen-bond donors (Lipinski definition) is 2. The lowest BCUT2D eigenvalue weighted by atomic mass is 10.2. The molecule has 0 aromatic rings. The molecule has 6 nitrogen and oxygen atoms in total. The second-order valence-corrected chi connectivity index (χ2v) is 7.18. The summed E-state index contributed by atoms with van der Waals surface area (Å²) in [6.07, 6.45) is 4.12. The molecule has 0 radical (unpaired) electrons. The maximum atomic E-state index is 12.1. The first-order valence-corrected chi connectivity index (χ1v) is 8.58. The highest BCUT2D eigenvalue weighted by Crippen LogP contribution is 2.07. The molecule has 0 aliphatic carbocycles. The average molecular weight is 292 g/mol. The normalized spacial score (nSPS) is 18.4. The number of hydrogen-bond acceptors (Lipinski definition) is 4. The van der Waals surface area contributed by atoms with E-state index in [1.54, 1.807) is 7.05 Å². The van der Waals surface area contributed by atoms with Crippen molar-refractivity contribution < 1.29 is 8.42 Å². The molecule has 0 spiro atoms. The summed E-state index contributed by atoms with van der Waals surface area (Å²) in [5, 5.41) is 5.09. The van der Waals surface area contributed by atoms with Crippen molar-refractivity contribution in [1.29, 1.82) is 0 Å². The summed E-state index contributed by atoms with van der Waals surface area (Å²) in [7, 11) is -1.75. The third kappa shape index (κ3) is 6.67. The molecule has 1 aliphatic heterocycles. The molecule has 114 valence electrons. The Labute approximate surface area is 117 Å². The van der Waals surface area contributed by atoms with Crippen molar-refractivity contribution in [2.45, 2.75) is 45.6 Å². The lowest BCUT2D eigenvalue weighted by Gasteiger charge is -2.29. The van der Waals surface area contributed by atoms with Crippen LogP contribution in [0.5, 0.6) is 0 Å². The van der Waals surface area contributed by atoms with Crippen LogP contribution in [0.25, 0.3) is 0 Å². The predicted octanol–water partition coefficient (Wildman–Crippen LogP) is 0.542. The molecule has 0 bridgehead atoms. The number of rotatable bonds is 8. The van der Waals surface area contributed by atoms with E-state index >= 15 is 0 Å². The van der Waals surface area contributed by atoms with E-state index in [1.807, 2.05) is 5.01 Å². The summed E-state index contributed by atoms with van der Waals surface area (Å²) in [6, 6.07) is 0.438. The van der Waals surface area contributed by atoms with Gasteiger partial charge in [-0.2, -0.15) is 12.7 Å². The molecule has 0 aromatic carbocycles. The lowest BCUT2D eigenvalue weighted by Crippen LogP contribution is -2.50. The van der Waals surface area contributed by atoms with Crippen LogP contribution in [0.1, 0.15) is 39.5 Å². The van der Waals surface area contributed by atoms with E-state index in [4.69, 9.17) is 0 Å². The molecular formula is C12H28N4O2S. The third-order valence-corrected chi connectivity index (χ3v) is 4.71. The van der Waals surface area contributed by atoms with Crippen LogP contribution in [-0.2, 0) is 10.2 Å². The SMILES string of the molecule is CC(C)NCCCN(C)S(=O)(=O)NN1CCCCC1. The van der Waals surface area contributed by atoms with E-state index in [0.717, 1.165) is 38.9 Å². The molecule has 2 N–H and O–H groups in total. The van der Waals surface area contributed by atoms with Crippen LogP contribution in [0.2, 0.25) is 0 Å². The van der Waals surface area contributed by atoms with Gasteiger partial charge >= 0.3 is 0 Å². The van der Waals surface area contributed by atoms with Gasteiger partial charge in [0, 0.05) is 32.7 Å². The molecular weight excluding hydrogens is 264 g/mol. The van der Waals surface area contributed by atoms with Gasteiger partial charge in [-0.15, -0.1) is 4.83 Å². The molecule has 7 heteroatoms. The molecule has 1 heterocycles. The zero-order valence-corrected chi connectivity index (χ0v) is 13.2. The minimum absolute atomic E-state index is 0.438. The molecule has 1 fully saturated rings. The predicted molar refractivity (Wildman–Crippen MR) is 77.9 cm³/mol. The van der Waals surface area contributed by atoms with Gasteiger partial charge < -0.3 is 5.32 Å². The van der Waals surface area contributed by atoms with Crippen molar-refractivity contribution in [1.82, 2.24) is 19.5 Å². The van der Waals surface area contributed by atoms with Crippen molar-refractivity contribution in [3.05, 3.63) is 0 Å². The Morgan fingerprint density at radius 1 is 1.21 bits per heavy atom. The van der Waals surface area contributed by atoms with Gasteiger partial charge in [-0.05, 0) is 25.8 Å². The van der Waals surface area contributed by atoms with Gasteiger partial charge in [0.05, 0.1) is 0 Å². The fraction of sp³-hybridized carbons (Fsp3) is 1.00. The fourth-order valence-electron chi connectivity index (χ4n) is 2.03. The number of piperidine rings is 1. The second kappa shape index (κ2) is 8.16. The first kappa shape index (κ1) is 16.8. The van der Waals surface area contributed by atoms with E-state index < -0.39 is 10.2 Å². The zero-order valence-electron chi connectivity index (χ0n) is 12.4. The molecule has 1 saturated heterocycles. The van der Waals surface area contributed by atoms with Crippen molar-refractivity contribution in [2.24, 2.45) is 0 Å². The molecule has 1 aliphatic rings. The van der Waals surface area contributed by atoms with E-state index in [-0.39, 0.29) is 0 Å². The van der Waals surface area contributed by atoms with Crippen LogP contribution in [0, 0.1) is 0 Å². The Bertz CT molecular complexity index is 340. The highest BCUT2D eigenvalue weighted by Gasteiger charge is 2.21. The average Bonchev–Trinajstić information content (AvgIpc) is 2.34. The lowest BCUT2D eigenvalue weighted by molar-refractivity contribution is 0.194. The van der Waals surface area contributed by atoms with Gasteiger partial charge in [0.2, 0.25) is 0 Å².